The predicted molar refractivity (Wildman–Crippen MR) is 115 cm³/mol. The van der Waals surface area contributed by atoms with Crippen LogP contribution in [-0.4, -0.2) is 69.3 Å². The Kier molecular flexibility index (Phi) is 6.44. The number of phenolic OH excluding ortho intramolecular Hbond substituents is 2. The van der Waals surface area contributed by atoms with Gasteiger partial charge < -0.3 is 44.2 Å². The van der Waals surface area contributed by atoms with Gasteiger partial charge in [0.25, 0.3) is 0 Å². The molecular formula is C23H22O11. The Bertz CT molecular complexity index is 1250. The number of fused-ring (bicyclic) bond motifs is 1. The molecule has 2 aromatic carbocycles. The molecule has 180 valence electrons. The van der Waals surface area contributed by atoms with Crippen molar-refractivity contribution in [1.82, 2.24) is 0 Å². The summed E-state index contributed by atoms with van der Waals surface area (Å²) in [7, 11) is 1.15. The minimum atomic E-state index is -1.70. The van der Waals surface area contributed by atoms with Crippen molar-refractivity contribution in [2.45, 2.75) is 37.1 Å². The van der Waals surface area contributed by atoms with Crippen molar-refractivity contribution in [1.29, 1.82) is 0 Å². The van der Waals surface area contributed by atoms with Crippen LogP contribution in [0.1, 0.15) is 6.42 Å². The van der Waals surface area contributed by atoms with Gasteiger partial charge in [-0.1, -0.05) is 0 Å². The quantitative estimate of drug-likeness (QED) is 0.328. The first kappa shape index (κ1) is 23.5. The molecule has 1 aliphatic heterocycles. The fourth-order valence-corrected chi connectivity index (χ4v) is 3.64. The summed E-state index contributed by atoms with van der Waals surface area (Å²) in [4.78, 5) is 24.2. The van der Waals surface area contributed by atoms with Gasteiger partial charge in [0.2, 0.25) is 6.29 Å². The Hall–Kier alpha value is -3.64. The minimum absolute atomic E-state index is 0.0315. The Labute approximate surface area is 192 Å². The van der Waals surface area contributed by atoms with E-state index >= 15 is 0 Å². The molecule has 0 aliphatic carbocycles. The molecule has 5 unspecified atom stereocenters. The molecule has 1 fully saturated rings. The van der Waals surface area contributed by atoms with Crippen LogP contribution in [0.15, 0.2) is 51.7 Å². The number of hydrogen-bond donors (Lipinski definition) is 5. The highest BCUT2D eigenvalue weighted by Gasteiger charge is 2.45. The molecule has 0 spiro atoms. The number of ether oxygens (including phenoxy) is 3. The van der Waals surface area contributed by atoms with E-state index in [2.05, 4.69) is 4.74 Å². The van der Waals surface area contributed by atoms with Crippen LogP contribution in [0.2, 0.25) is 0 Å². The van der Waals surface area contributed by atoms with Crippen LogP contribution in [0.5, 0.6) is 17.2 Å². The van der Waals surface area contributed by atoms with Crippen LogP contribution in [-0.2, 0) is 14.3 Å². The zero-order chi connectivity index (χ0) is 24.6. The molecule has 1 saturated heterocycles. The van der Waals surface area contributed by atoms with Crippen LogP contribution < -0.4 is 10.2 Å². The fourth-order valence-electron chi connectivity index (χ4n) is 3.64. The van der Waals surface area contributed by atoms with Crippen molar-refractivity contribution < 1.29 is 49.0 Å². The number of esters is 1. The van der Waals surface area contributed by atoms with Crippen LogP contribution in [0.4, 0.5) is 0 Å². The lowest BCUT2D eigenvalue weighted by Crippen LogP contribution is -2.59. The second-order valence-electron chi connectivity index (χ2n) is 7.75. The Morgan fingerprint density at radius 3 is 2.38 bits per heavy atom. The van der Waals surface area contributed by atoms with Gasteiger partial charge in [-0.25, -0.2) is 0 Å². The van der Waals surface area contributed by atoms with E-state index in [0.29, 0.717) is 5.56 Å². The van der Waals surface area contributed by atoms with Crippen molar-refractivity contribution in [3.8, 4) is 28.6 Å². The molecule has 34 heavy (non-hydrogen) atoms. The number of aliphatic hydroxyl groups is 3. The average molecular weight is 474 g/mol. The summed E-state index contributed by atoms with van der Waals surface area (Å²) < 4.78 is 21.3. The standard InChI is InChI=1S/C23H22O11/c1-31-18(27)9-17-20(28)21(29)22(30)23(34-17)32-12-6-13(25)19-14(26)8-15(33-16(19)7-12)10-2-4-11(24)5-3-10/h2-8,17,20-25,28-30H,9H2,1H3. The van der Waals surface area contributed by atoms with Gasteiger partial charge in [-0.15, -0.1) is 0 Å². The topological polar surface area (TPSA) is 176 Å². The fraction of sp³-hybridized carbons (Fsp3) is 0.304. The van der Waals surface area contributed by atoms with Crippen LogP contribution in [0, 0.1) is 0 Å². The molecule has 1 aromatic heterocycles. The number of rotatable bonds is 5. The number of aliphatic hydroxyl groups excluding tert-OH is 3. The van der Waals surface area contributed by atoms with E-state index in [9.17, 15) is 35.1 Å². The molecule has 3 aromatic rings. The van der Waals surface area contributed by atoms with E-state index < -0.39 is 54.3 Å². The number of methoxy groups -OCH3 is 1. The van der Waals surface area contributed by atoms with Crippen molar-refractivity contribution in [3.63, 3.8) is 0 Å². The first-order chi connectivity index (χ1) is 16.2. The number of aromatic hydroxyl groups is 2. The van der Waals surface area contributed by atoms with E-state index in [-0.39, 0.29) is 28.2 Å². The van der Waals surface area contributed by atoms with Gasteiger partial charge in [0.05, 0.1) is 13.5 Å². The summed E-state index contributed by atoms with van der Waals surface area (Å²) in [6.45, 7) is 0. The van der Waals surface area contributed by atoms with E-state index in [4.69, 9.17) is 13.9 Å². The Morgan fingerprint density at radius 2 is 1.71 bits per heavy atom. The van der Waals surface area contributed by atoms with Crippen molar-refractivity contribution in [3.05, 3.63) is 52.7 Å². The first-order valence-corrected chi connectivity index (χ1v) is 10.2. The molecule has 11 nitrogen and oxygen atoms in total. The van der Waals surface area contributed by atoms with Gasteiger partial charge in [-0.3, -0.25) is 9.59 Å². The second kappa shape index (κ2) is 9.31. The largest absolute Gasteiger partial charge is 0.508 e. The van der Waals surface area contributed by atoms with Crippen LogP contribution in [0.25, 0.3) is 22.3 Å². The summed E-state index contributed by atoms with van der Waals surface area (Å²) in [6, 6.07) is 9.50. The maximum atomic E-state index is 12.6. The number of phenols is 2. The first-order valence-electron chi connectivity index (χ1n) is 10.2. The molecule has 5 N–H and O–H groups in total. The predicted octanol–water partition coefficient (Wildman–Crippen LogP) is 0.621. The number of carbonyl (C=O) groups is 1. The van der Waals surface area contributed by atoms with Gasteiger partial charge in [-0.05, 0) is 24.3 Å². The van der Waals surface area contributed by atoms with Gasteiger partial charge in [0, 0.05) is 23.8 Å². The molecule has 1 aliphatic rings. The number of carbonyl (C=O) groups excluding carboxylic acids is 1. The third-order valence-corrected chi connectivity index (χ3v) is 5.45. The van der Waals surface area contributed by atoms with Crippen LogP contribution >= 0.6 is 0 Å². The van der Waals surface area contributed by atoms with Crippen molar-refractivity contribution >= 4 is 16.9 Å². The number of benzene rings is 2. The Morgan fingerprint density at radius 1 is 1.00 bits per heavy atom. The van der Waals surface area contributed by atoms with Gasteiger partial charge in [0.1, 0.15) is 58.4 Å². The third kappa shape index (κ3) is 4.54. The lowest BCUT2D eigenvalue weighted by Gasteiger charge is -2.39. The zero-order valence-electron chi connectivity index (χ0n) is 17.8. The maximum Gasteiger partial charge on any atom is 0.308 e. The lowest BCUT2D eigenvalue weighted by molar-refractivity contribution is -0.273. The van der Waals surface area contributed by atoms with Crippen molar-refractivity contribution in [2.75, 3.05) is 7.11 Å². The monoisotopic (exact) mass is 474 g/mol. The molecular weight excluding hydrogens is 452 g/mol. The van der Waals surface area contributed by atoms with Gasteiger partial charge in [-0.2, -0.15) is 0 Å². The average Bonchev–Trinajstić information content (AvgIpc) is 2.80. The SMILES string of the molecule is COC(=O)CC1OC(Oc2cc(O)c3c(=O)cc(-c4ccc(O)cc4)oc3c2)C(O)C(O)C1O. The smallest absolute Gasteiger partial charge is 0.308 e. The molecule has 2 heterocycles. The summed E-state index contributed by atoms with van der Waals surface area (Å²) in [6.07, 6.45) is -8.14. The van der Waals surface area contributed by atoms with Gasteiger partial charge in [0.15, 0.2) is 5.43 Å². The Balaban J connectivity index is 1.66. The van der Waals surface area contributed by atoms with Crippen molar-refractivity contribution in [2.24, 2.45) is 0 Å². The molecule has 4 rings (SSSR count). The summed E-state index contributed by atoms with van der Waals surface area (Å²) in [5, 5.41) is 50.3. The van der Waals surface area contributed by atoms with Crippen LogP contribution in [0.3, 0.4) is 0 Å². The van der Waals surface area contributed by atoms with E-state index in [1.165, 1.54) is 24.3 Å². The maximum absolute atomic E-state index is 12.6. The lowest BCUT2D eigenvalue weighted by atomic mass is 9.97. The highest BCUT2D eigenvalue weighted by molar-refractivity contribution is 5.86. The molecule has 5 atom stereocenters. The van der Waals surface area contributed by atoms with Gasteiger partial charge >= 0.3 is 5.97 Å². The summed E-state index contributed by atoms with van der Waals surface area (Å²) in [5.74, 6) is -1.06. The molecule has 0 bridgehead atoms. The van der Waals surface area contributed by atoms with E-state index in [1.807, 2.05) is 0 Å². The summed E-state index contributed by atoms with van der Waals surface area (Å²) in [5.41, 5.74) is -0.0713. The molecule has 0 radical (unpaired) electrons. The summed E-state index contributed by atoms with van der Waals surface area (Å²) >= 11 is 0. The van der Waals surface area contributed by atoms with E-state index in [1.54, 1.807) is 12.1 Å². The number of hydrogen-bond acceptors (Lipinski definition) is 11. The third-order valence-electron chi connectivity index (χ3n) is 5.45. The highest BCUT2D eigenvalue weighted by atomic mass is 16.7. The molecule has 11 heteroatoms. The van der Waals surface area contributed by atoms with E-state index in [0.717, 1.165) is 13.2 Å². The molecule has 0 amide bonds. The zero-order valence-corrected chi connectivity index (χ0v) is 17.8. The highest BCUT2D eigenvalue weighted by Crippen LogP contribution is 2.33. The normalized spacial score (nSPS) is 24.6. The molecule has 0 saturated carbocycles. The minimum Gasteiger partial charge on any atom is -0.508 e. The second-order valence-corrected chi connectivity index (χ2v) is 7.75.